The van der Waals surface area contributed by atoms with E-state index in [1.165, 1.54) is 7.11 Å². The Bertz CT molecular complexity index is 1360. The van der Waals surface area contributed by atoms with E-state index < -0.39 is 10.9 Å². The van der Waals surface area contributed by atoms with Gasteiger partial charge < -0.3 is 19.6 Å². The lowest BCUT2D eigenvalue weighted by molar-refractivity contribution is -0.134. The minimum absolute atomic E-state index is 0.171. The highest BCUT2D eigenvalue weighted by atomic mass is 32.2. The molecule has 0 saturated carbocycles. The quantitative estimate of drug-likeness (QED) is 0.378. The fourth-order valence-electron chi connectivity index (χ4n) is 4.57. The fourth-order valence-corrected chi connectivity index (χ4v) is 4.99. The Balaban J connectivity index is 1.55. The SMILES string of the molecule is CO[SH](=O)=Nc1ccc(OCC(=O)N(C)C(CN2CC[C@H](O)C2)c2cccc(N(C)C)c2)c2cccnc12. The molecular formula is C27H35N5O5S. The molecule has 2 unspecified atom stereocenters. The number of pyridine rings is 1. The van der Waals surface area contributed by atoms with Crippen LogP contribution in [0.15, 0.2) is 59.1 Å². The highest BCUT2D eigenvalue weighted by Crippen LogP contribution is 2.32. The van der Waals surface area contributed by atoms with Gasteiger partial charge in [0.1, 0.15) is 17.0 Å². The number of fused-ring (bicyclic) bond motifs is 1. The third kappa shape index (κ3) is 6.60. The van der Waals surface area contributed by atoms with Gasteiger partial charge in [-0.3, -0.25) is 18.9 Å². The van der Waals surface area contributed by atoms with Gasteiger partial charge in [0.15, 0.2) is 17.5 Å². The van der Waals surface area contributed by atoms with Crippen LogP contribution in [0.4, 0.5) is 11.4 Å². The molecule has 3 aromatic rings. The first-order valence-corrected chi connectivity index (χ1v) is 13.6. The first-order valence-electron chi connectivity index (χ1n) is 12.4. The van der Waals surface area contributed by atoms with Crippen molar-refractivity contribution in [1.29, 1.82) is 0 Å². The van der Waals surface area contributed by atoms with Gasteiger partial charge in [0.2, 0.25) is 0 Å². The number of carbonyl (C=O) groups is 1. The summed E-state index contributed by atoms with van der Waals surface area (Å²) in [5.41, 5.74) is 3.00. The van der Waals surface area contributed by atoms with Crippen molar-refractivity contribution in [2.45, 2.75) is 18.6 Å². The summed E-state index contributed by atoms with van der Waals surface area (Å²) in [7, 11) is 4.88. The smallest absolute Gasteiger partial charge is 0.260 e. The van der Waals surface area contributed by atoms with E-state index in [9.17, 15) is 14.1 Å². The van der Waals surface area contributed by atoms with Crippen molar-refractivity contribution in [3.63, 3.8) is 0 Å². The topological polar surface area (TPSA) is 108 Å². The Morgan fingerprint density at radius 2 is 2.05 bits per heavy atom. The van der Waals surface area contributed by atoms with Crippen LogP contribution in [-0.2, 0) is 19.9 Å². The van der Waals surface area contributed by atoms with Gasteiger partial charge in [-0.05, 0) is 48.4 Å². The number of hydrogen-bond donors (Lipinski definition) is 2. The van der Waals surface area contributed by atoms with Crippen molar-refractivity contribution in [2.24, 2.45) is 4.36 Å². The van der Waals surface area contributed by atoms with E-state index in [4.69, 9.17) is 8.92 Å². The van der Waals surface area contributed by atoms with Crippen molar-refractivity contribution < 1.29 is 23.0 Å². The molecule has 1 aliphatic rings. The predicted molar refractivity (Wildman–Crippen MR) is 149 cm³/mol. The van der Waals surface area contributed by atoms with Crippen molar-refractivity contribution in [2.75, 3.05) is 59.4 Å². The summed E-state index contributed by atoms with van der Waals surface area (Å²) >= 11 is 0. The van der Waals surface area contributed by atoms with E-state index in [-0.39, 0.29) is 24.7 Å². The highest BCUT2D eigenvalue weighted by molar-refractivity contribution is 7.69. The van der Waals surface area contributed by atoms with Gasteiger partial charge in [-0.1, -0.05) is 12.1 Å². The van der Waals surface area contributed by atoms with Crippen LogP contribution in [0.25, 0.3) is 10.9 Å². The van der Waals surface area contributed by atoms with E-state index in [0.29, 0.717) is 35.4 Å². The van der Waals surface area contributed by atoms with Crippen LogP contribution in [0.3, 0.4) is 0 Å². The third-order valence-corrected chi connectivity index (χ3v) is 7.41. The van der Waals surface area contributed by atoms with Gasteiger partial charge in [0.25, 0.3) is 5.91 Å². The van der Waals surface area contributed by atoms with E-state index in [1.807, 2.05) is 43.3 Å². The maximum atomic E-state index is 13.4. The molecule has 1 aliphatic heterocycles. The maximum absolute atomic E-state index is 13.4. The second-order valence-electron chi connectivity index (χ2n) is 9.50. The predicted octanol–water partition coefficient (Wildman–Crippen LogP) is 2.80. The molecule has 1 amide bonds. The number of carbonyl (C=O) groups excluding carboxylic acids is 1. The zero-order chi connectivity index (χ0) is 27.2. The fraction of sp³-hybridized carbons (Fsp3) is 0.407. The number of rotatable bonds is 10. The van der Waals surface area contributed by atoms with Crippen LogP contribution in [-0.4, -0.2) is 90.6 Å². The van der Waals surface area contributed by atoms with Crippen LogP contribution in [0.5, 0.6) is 5.75 Å². The maximum Gasteiger partial charge on any atom is 0.260 e. The van der Waals surface area contributed by atoms with Crippen molar-refractivity contribution in [3.05, 3.63) is 60.3 Å². The second kappa shape index (κ2) is 12.5. The van der Waals surface area contributed by atoms with E-state index in [2.05, 4.69) is 20.3 Å². The molecule has 0 bridgehead atoms. The lowest BCUT2D eigenvalue weighted by Gasteiger charge is -2.32. The number of nitrogens with zero attached hydrogens (tertiary/aromatic N) is 5. The first-order chi connectivity index (χ1) is 18.3. The molecule has 4 rings (SSSR count). The molecule has 1 saturated heterocycles. The van der Waals surface area contributed by atoms with Gasteiger partial charge >= 0.3 is 0 Å². The molecule has 11 heteroatoms. The summed E-state index contributed by atoms with van der Waals surface area (Å²) in [6, 6.07) is 14.9. The van der Waals surface area contributed by atoms with Crippen molar-refractivity contribution >= 4 is 39.1 Å². The normalized spacial score (nSPS) is 17.4. The number of aromatic nitrogens is 1. The summed E-state index contributed by atoms with van der Waals surface area (Å²) in [4.78, 5) is 23.7. The van der Waals surface area contributed by atoms with E-state index >= 15 is 0 Å². The molecule has 2 aromatic carbocycles. The summed E-state index contributed by atoms with van der Waals surface area (Å²) in [5.74, 6) is 0.300. The molecule has 0 spiro atoms. The van der Waals surface area contributed by atoms with Gasteiger partial charge in [0.05, 0.1) is 19.3 Å². The number of β-amino-alcohol motifs (C(OH)–C–C–N with tert-alkyl or cyclic N) is 1. The number of anilines is 1. The Morgan fingerprint density at radius 1 is 1.24 bits per heavy atom. The Morgan fingerprint density at radius 3 is 2.76 bits per heavy atom. The molecule has 1 N–H and O–H groups in total. The Hall–Kier alpha value is -3.25. The molecular weight excluding hydrogens is 506 g/mol. The summed E-state index contributed by atoms with van der Waals surface area (Å²) < 4.78 is 26.6. The molecule has 38 heavy (non-hydrogen) atoms. The third-order valence-electron chi connectivity index (χ3n) is 6.72. The number of likely N-dealkylation sites (tertiary alicyclic amines) is 1. The van der Waals surface area contributed by atoms with Gasteiger partial charge in [-0.25, -0.2) is 4.21 Å². The highest BCUT2D eigenvalue weighted by Gasteiger charge is 2.28. The standard InChI is InChI=1S/C27H35N5O5S/c1-30(2)20-8-5-7-19(15-20)24(17-32-14-12-21(33)16-32)31(3)26(34)18-37-25-11-10-23(29-38(35)36-4)27-22(25)9-6-13-28-27/h5-11,13,15,21,24,33,38H,12,14,16-18H2,1-4H3/t21-,24?/m0/s1. The average molecular weight is 542 g/mol. The summed E-state index contributed by atoms with van der Waals surface area (Å²) in [6.07, 6.45) is 2.01. The molecule has 204 valence electrons. The zero-order valence-electron chi connectivity index (χ0n) is 22.1. The van der Waals surface area contributed by atoms with Crippen LogP contribution < -0.4 is 9.64 Å². The second-order valence-corrected chi connectivity index (χ2v) is 10.5. The zero-order valence-corrected chi connectivity index (χ0v) is 23.0. The van der Waals surface area contributed by atoms with Crippen LogP contribution in [0.1, 0.15) is 18.0 Å². The van der Waals surface area contributed by atoms with Crippen LogP contribution >= 0.6 is 0 Å². The average Bonchev–Trinajstić information content (AvgIpc) is 3.35. The number of benzene rings is 2. The molecule has 0 aliphatic carbocycles. The van der Waals surface area contributed by atoms with E-state index in [0.717, 1.165) is 24.2 Å². The Kier molecular flexibility index (Phi) is 9.16. The lowest BCUT2D eigenvalue weighted by atomic mass is 10.0. The molecule has 10 nitrogen and oxygen atoms in total. The number of thiol groups is 1. The van der Waals surface area contributed by atoms with Crippen molar-refractivity contribution in [3.8, 4) is 5.75 Å². The molecule has 3 atom stereocenters. The summed E-state index contributed by atoms with van der Waals surface area (Å²) in [5, 5.41) is 10.7. The largest absolute Gasteiger partial charge is 0.483 e. The number of hydrogen-bond acceptors (Lipinski definition) is 9. The lowest BCUT2D eigenvalue weighted by Crippen LogP contribution is -2.41. The minimum atomic E-state index is -2.20. The molecule has 0 radical (unpaired) electrons. The Labute approximate surface area is 225 Å². The number of aliphatic hydroxyl groups excluding tert-OH is 1. The van der Waals surface area contributed by atoms with Gasteiger partial charge in [-0.15, -0.1) is 0 Å². The molecule has 1 aromatic heterocycles. The number of amides is 1. The number of aliphatic hydroxyl groups is 1. The van der Waals surface area contributed by atoms with Gasteiger partial charge in [0, 0.05) is 58.0 Å². The monoisotopic (exact) mass is 541 g/mol. The van der Waals surface area contributed by atoms with Gasteiger partial charge in [-0.2, -0.15) is 4.36 Å². The number of ether oxygens (including phenoxy) is 1. The minimum Gasteiger partial charge on any atom is -0.483 e. The van der Waals surface area contributed by atoms with E-state index in [1.54, 1.807) is 36.3 Å². The van der Waals surface area contributed by atoms with Crippen LogP contribution in [0.2, 0.25) is 0 Å². The van der Waals surface area contributed by atoms with Crippen LogP contribution in [0, 0.1) is 0 Å². The summed E-state index contributed by atoms with van der Waals surface area (Å²) in [6.45, 7) is 1.81. The number of likely N-dealkylation sites (N-methyl/N-ethyl adjacent to an activating group) is 1. The van der Waals surface area contributed by atoms with Crippen molar-refractivity contribution in [1.82, 2.24) is 14.8 Å². The molecule has 2 heterocycles. The first kappa shape index (κ1) is 27.8. The molecule has 1 fully saturated rings.